The molecule has 0 atom stereocenters. The van der Waals surface area contributed by atoms with E-state index in [2.05, 4.69) is 6.58 Å². The smallest absolute Gasteiger partial charge is 0.150 e. The number of carbonyl (C=O) groups excluding carboxylic acids is 1. The second-order valence-electron chi connectivity index (χ2n) is 3.02. The van der Waals surface area contributed by atoms with Gasteiger partial charge in [-0.25, -0.2) is 0 Å². The molecule has 0 aromatic heterocycles. The molecule has 82 valence electrons. The SMILES string of the molecule is C=C\C(C=O)=C/C=C(C)/C(=C/CC)OC. The molecule has 0 fully saturated rings. The van der Waals surface area contributed by atoms with E-state index in [1.54, 1.807) is 13.2 Å². The summed E-state index contributed by atoms with van der Waals surface area (Å²) in [6.07, 6.45) is 8.77. The number of carbonyl (C=O) groups is 1. The first-order valence-electron chi connectivity index (χ1n) is 4.90. The van der Waals surface area contributed by atoms with Crippen LogP contribution in [0.5, 0.6) is 0 Å². The maximum atomic E-state index is 10.5. The minimum absolute atomic E-state index is 0.557. The Hall–Kier alpha value is -1.57. The van der Waals surface area contributed by atoms with Gasteiger partial charge < -0.3 is 4.74 Å². The summed E-state index contributed by atoms with van der Waals surface area (Å²) in [4.78, 5) is 10.5. The summed E-state index contributed by atoms with van der Waals surface area (Å²) in [5.41, 5.74) is 1.54. The second-order valence-corrected chi connectivity index (χ2v) is 3.02. The Balaban J connectivity index is 4.82. The quantitative estimate of drug-likeness (QED) is 0.289. The van der Waals surface area contributed by atoms with E-state index in [4.69, 9.17) is 4.74 Å². The van der Waals surface area contributed by atoms with Crippen molar-refractivity contribution in [2.45, 2.75) is 20.3 Å². The first kappa shape index (κ1) is 13.4. The average molecular weight is 206 g/mol. The highest BCUT2D eigenvalue weighted by atomic mass is 16.5. The zero-order valence-electron chi connectivity index (χ0n) is 9.62. The summed E-state index contributed by atoms with van der Waals surface area (Å²) in [6.45, 7) is 7.52. The summed E-state index contributed by atoms with van der Waals surface area (Å²) in [7, 11) is 1.64. The number of allylic oxidation sites excluding steroid dienone is 6. The van der Waals surface area contributed by atoms with E-state index in [9.17, 15) is 4.79 Å². The van der Waals surface area contributed by atoms with Crippen LogP contribution in [0.25, 0.3) is 0 Å². The number of hydrogen-bond acceptors (Lipinski definition) is 2. The van der Waals surface area contributed by atoms with Crippen molar-refractivity contribution < 1.29 is 9.53 Å². The van der Waals surface area contributed by atoms with Gasteiger partial charge in [0.15, 0.2) is 0 Å². The molecule has 0 aliphatic carbocycles. The highest BCUT2D eigenvalue weighted by molar-refractivity contribution is 5.77. The van der Waals surface area contributed by atoms with Crippen molar-refractivity contribution in [3.63, 3.8) is 0 Å². The van der Waals surface area contributed by atoms with Gasteiger partial charge in [-0.3, -0.25) is 4.79 Å². The van der Waals surface area contributed by atoms with Crippen molar-refractivity contribution in [3.05, 3.63) is 47.8 Å². The molecule has 0 rings (SSSR count). The van der Waals surface area contributed by atoms with Gasteiger partial charge in [0.1, 0.15) is 12.0 Å². The first-order valence-corrected chi connectivity index (χ1v) is 4.90. The number of ether oxygens (including phenoxy) is 1. The fraction of sp³-hybridized carbons (Fsp3) is 0.308. The molecule has 0 bridgehead atoms. The van der Waals surface area contributed by atoms with E-state index in [1.807, 2.05) is 26.0 Å². The van der Waals surface area contributed by atoms with E-state index in [0.29, 0.717) is 5.57 Å². The molecule has 0 N–H and O–H groups in total. The Kier molecular flexibility index (Phi) is 6.98. The van der Waals surface area contributed by atoms with E-state index in [-0.39, 0.29) is 0 Å². The molecule has 0 aliphatic heterocycles. The standard InChI is InChI=1S/C13H18O2/c1-5-7-13(15-4)11(3)8-9-12(6-2)10-14/h6-10H,2,5H2,1,3-4H3/b11-8+,12-9+,13-7-. The van der Waals surface area contributed by atoms with Gasteiger partial charge in [-0.2, -0.15) is 0 Å². The van der Waals surface area contributed by atoms with Crippen LogP contribution in [0.4, 0.5) is 0 Å². The van der Waals surface area contributed by atoms with Gasteiger partial charge in [0, 0.05) is 5.57 Å². The zero-order valence-corrected chi connectivity index (χ0v) is 9.62. The lowest BCUT2D eigenvalue weighted by Crippen LogP contribution is -1.88. The predicted molar refractivity (Wildman–Crippen MR) is 63.5 cm³/mol. The van der Waals surface area contributed by atoms with Crippen molar-refractivity contribution in [1.29, 1.82) is 0 Å². The third-order valence-corrected chi connectivity index (χ3v) is 1.90. The summed E-state index contributed by atoms with van der Waals surface area (Å²) >= 11 is 0. The molecule has 0 aliphatic rings. The van der Waals surface area contributed by atoms with E-state index in [1.165, 1.54) is 6.08 Å². The maximum absolute atomic E-state index is 10.5. The van der Waals surface area contributed by atoms with Crippen molar-refractivity contribution >= 4 is 6.29 Å². The Morgan fingerprint density at radius 1 is 1.40 bits per heavy atom. The predicted octanol–water partition coefficient (Wildman–Crippen LogP) is 3.18. The van der Waals surface area contributed by atoms with E-state index >= 15 is 0 Å². The molecule has 0 aromatic rings. The number of aldehydes is 1. The third kappa shape index (κ3) is 5.01. The van der Waals surface area contributed by atoms with Crippen LogP contribution < -0.4 is 0 Å². The molecule has 0 heterocycles. The van der Waals surface area contributed by atoms with Crippen LogP contribution in [0.2, 0.25) is 0 Å². The molecule has 0 aromatic carbocycles. The summed E-state index contributed by atoms with van der Waals surface area (Å²) < 4.78 is 5.20. The lowest BCUT2D eigenvalue weighted by molar-refractivity contribution is -0.104. The van der Waals surface area contributed by atoms with Gasteiger partial charge >= 0.3 is 0 Å². The van der Waals surface area contributed by atoms with E-state index < -0.39 is 0 Å². The number of methoxy groups -OCH3 is 1. The van der Waals surface area contributed by atoms with Crippen LogP contribution in [0, 0.1) is 0 Å². The largest absolute Gasteiger partial charge is 0.497 e. The molecule has 0 spiro atoms. The van der Waals surface area contributed by atoms with Crippen LogP contribution in [0.15, 0.2) is 47.8 Å². The molecular weight excluding hydrogens is 188 g/mol. The van der Waals surface area contributed by atoms with Crippen molar-refractivity contribution in [2.75, 3.05) is 7.11 Å². The molecule has 0 amide bonds. The van der Waals surface area contributed by atoms with Crippen LogP contribution in [0.1, 0.15) is 20.3 Å². The molecule has 0 unspecified atom stereocenters. The molecule has 0 radical (unpaired) electrons. The van der Waals surface area contributed by atoms with Gasteiger partial charge in [-0.15, -0.1) is 0 Å². The minimum Gasteiger partial charge on any atom is -0.497 e. The number of rotatable bonds is 6. The lowest BCUT2D eigenvalue weighted by Gasteiger charge is -2.05. The van der Waals surface area contributed by atoms with Gasteiger partial charge in [0.2, 0.25) is 0 Å². The van der Waals surface area contributed by atoms with Crippen molar-refractivity contribution in [1.82, 2.24) is 0 Å². The van der Waals surface area contributed by atoms with Gasteiger partial charge in [-0.05, 0) is 25.0 Å². The summed E-state index contributed by atoms with van der Waals surface area (Å²) in [6, 6.07) is 0. The van der Waals surface area contributed by atoms with Gasteiger partial charge in [0.25, 0.3) is 0 Å². The highest BCUT2D eigenvalue weighted by Gasteiger charge is 1.96. The Labute approximate surface area is 91.6 Å². The Morgan fingerprint density at radius 2 is 2.07 bits per heavy atom. The second kappa shape index (κ2) is 7.80. The van der Waals surface area contributed by atoms with Gasteiger partial charge in [0.05, 0.1) is 7.11 Å². The zero-order chi connectivity index (χ0) is 11.7. The first-order chi connectivity index (χ1) is 7.19. The molecular formula is C13H18O2. The van der Waals surface area contributed by atoms with Crippen LogP contribution in [-0.2, 0) is 9.53 Å². The monoisotopic (exact) mass is 206 g/mol. The highest BCUT2D eigenvalue weighted by Crippen LogP contribution is 2.11. The lowest BCUT2D eigenvalue weighted by atomic mass is 10.1. The fourth-order valence-electron chi connectivity index (χ4n) is 1.05. The Bertz CT molecular complexity index is 296. The Morgan fingerprint density at radius 3 is 2.47 bits per heavy atom. The molecule has 2 nitrogen and oxygen atoms in total. The normalized spacial score (nSPS) is 13.7. The average Bonchev–Trinajstić information content (AvgIpc) is 2.26. The summed E-state index contributed by atoms with van der Waals surface area (Å²) in [5, 5.41) is 0. The van der Waals surface area contributed by atoms with Gasteiger partial charge in [-0.1, -0.05) is 31.7 Å². The minimum atomic E-state index is 0.557. The topological polar surface area (TPSA) is 26.3 Å². The molecule has 15 heavy (non-hydrogen) atoms. The molecule has 2 heteroatoms. The van der Waals surface area contributed by atoms with E-state index in [0.717, 1.165) is 24.0 Å². The summed E-state index contributed by atoms with van der Waals surface area (Å²) in [5.74, 6) is 0.836. The van der Waals surface area contributed by atoms with Crippen LogP contribution in [0.3, 0.4) is 0 Å². The molecule has 0 saturated heterocycles. The molecule has 0 saturated carbocycles. The number of hydrogen-bond donors (Lipinski definition) is 0. The van der Waals surface area contributed by atoms with Crippen molar-refractivity contribution in [2.24, 2.45) is 0 Å². The van der Waals surface area contributed by atoms with Crippen LogP contribution in [-0.4, -0.2) is 13.4 Å². The van der Waals surface area contributed by atoms with Crippen molar-refractivity contribution in [3.8, 4) is 0 Å². The third-order valence-electron chi connectivity index (χ3n) is 1.90. The van der Waals surface area contributed by atoms with Crippen LogP contribution >= 0.6 is 0 Å². The fourth-order valence-corrected chi connectivity index (χ4v) is 1.05. The maximum Gasteiger partial charge on any atom is 0.150 e.